The van der Waals surface area contributed by atoms with E-state index >= 15 is 0 Å². The Morgan fingerprint density at radius 3 is 2.35 bits per heavy atom. The van der Waals surface area contributed by atoms with Gasteiger partial charge in [0.2, 0.25) is 0 Å². The van der Waals surface area contributed by atoms with Gasteiger partial charge in [-0.05, 0) is 89.1 Å². The number of nitriles is 1. The van der Waals surface area contributed by atoms with Gasteiger partial charge in [-0.15, -0.1) is 54.1 Å². The van der Waals surface area contributed by atoms with Crippen molar-refractivity contribution in [1.29, 1.82) is 5.26 Å². The number of aromatic nitrogens is 2. The summed E-state index contributed by atoms with van der Waals surface area (Å²) >= 11 is 0. The molecule has 3 aromatic heterocycles. The monoisotopic (exact) mass is 897 g/mol. The Labute approximate surface area is 344 Å². The second kappa shape index (κ2) is 16.4. The number of pyridine rings is 2. The van der Waals surface area contributed by atoms with E-state index in [2.05, 4.69) is 42.0 Å². The zero-order chi connectivity index (χ0) is 41.4. The first-order valence-electron chi connectivity index (χ1n) is 20.7. The van der Waals surface area contributed by atoms with Gasteiger partial charge in [0.05, 0.1) is 12.5 Å². The summed E-state index contributed by atoms with van der Waals surface area (Å²) in [5.41, 5.74) is 7.53. The van der Waals surface area contributed by atoms with Crippen LogP contribution in [0.4, 0.5) is 0 Å². The Morgan fingerprint density at radius 1 is 0.800 bits per heavy atom. The van der Waals surface area contributed by atoms with Gasteiger partial charge in [0.25, 0.3) is 0 Å². The molecule has 0 spiro atoms. The number of aryl methyl sites for hydroxylation is 1. The molecule has 0 atom stereocenters. The molecule has 9 rings (SSSR count). The molecule has 1 fully saturated rings. The van der Waals surface area contributed by atoms with Crippen molar-refractivity contribution >= 4 is 21.9 Å². The van der Waals surface area contributed by atoms with Crippen LogP contribution in [0.1, 0.15) is 69.0 Å². The Hall–Kier alpha value is -5.66. The van der Waals surface area contributed by atoms with Crippen LogP contribution in [0.15, 0.2) is 144 Å². The Balaban J connectivity index is 0.000000359. The van der Waals surface area contributed by atoms with Gasteiger partial charge in [0.15, 0.2) is 0 Å². The number of hydrogen-bond donors (Lipinski definition) is 0. The summed E-state index contributed by atoms with van der Waals surface area (Å²) in [5.74, 6) is -0.976. The molecular formula is C50H41IrN3O-2. The van der Waals surface area contributed by atoms with Crippen molar-refractivity contribution in [1.82, 2.24) is 9.97 Å². The van der Waals surface area contributed by atoms with Gasteiger partial charge >= 0.3 is 0 Å². The van der Waals surface area contributed by atoms with Crippen molar-refractivity contribution in [2.75, 3.05) is 0 Å². The van der Waals surface area contributed by atoms with Gasteiger partial charge in [0, 0.05) is 48.9 Å². The van der Waals surface area contributed by atoms with Crippen molar-refractivity contribution < 1.29 is 31.4 Å². The fourth-order valence-corrected chi connectivity index (χ4v) is 7.20. The number of nitrogens with zero attached hydrogens (tertiary/aromatic N) is 3. The molecule has 0 unspecified atom stereocenters. The van der Waals surface area contributed by atoms with E-state index < -0.39 is 12.7 Å². The largest absolute Gasteiger partial charge is 0.500 e. The van der Waals surface area contributed by atoms with Crippen LogP contribution >= 0.6 is 0 Å². The molecule has 1 saturated carbocycles. The van der Waals surface area contributed by atoms with Crippen molar-refractivity contribution in [3.8, 4) is 50.8 Å². The number of furan rings is 1. The van der Waals surface area contributed by atoms with Crippen LogP contribution in [0.3, 0.4) is 0 Å². The Morgan fingerprint density at radius 2 is 1.60 bits per heavy atom. The second-order valence-electron chi connectivity index (χ2n) is 14.4. The molecule has 0 N–H and O–H groups in total. The molecule has 4 nitrogen and oxygen atoms in total. The van der Waals surface area contributed by atoms with Crippen molar-refractivity contribution in [3.63, 3.8) is 0 Å². The zero-order valence-corrected chi connectivity index (χ0v) is 33.0. The molecule has 1 radical (unpaired) electrons. The standard InChI is InChI=1S/C39H33N2O.C11H8N.Ir/c1-25-21-28(26-17-19-39(2,3)20-18-26)15-16-30(25)35-22-36(41-24-29(35)23-40)34-14-8-13-33-32-12-7-11-31(37(32)42-38(33)34)27-9-5-4-6-10-27;1-2-6-10(7-3-1)11-8-4-5-9-12-11;/h4-13,15-16,21-22,24,26H,17-20H2,1-3H3;1-6,8-9H;/q2*-1;/i1D3,16D,26D;;. The van der Waals surface area contributed by atoms with E-state index in [4.69, 9.17) is 9.90 Å². The molecule has 3 heterocycles. The normalized spacial score (nSPS) is 15.8. The second-order valence-corrected chi connectivity index (χ2v) is 14.4. The molecule has 55 heavy (non-hydrogen) atoms. The number of rotatable bonds is 5. The third kappa shape index (κ3) is 7.94. The summed E-state index contributed by atoms with van der Waals surface area (Å²) in [6.07, 6.45) is 6.07. The molecule has 1 aliphatic rings. The summed E-state index contributed by atoms with van der Waals surface area (Å²) in [6, 6.07) is 46.9. The van der Waals surface area contributed by atoms with Crippen LogP contribution in [0.2, 0.25) is 0 Å². The topological polar surface area (TPSA) is 62.7 Å². The van der Waals surface area contributed by atoms with E-state index in [1.54, 1.807) is 30.5 Å². The van der Waals surface area contributed by atoms with Crippen molar-refractivity contribution in [3.05, 3.63) is 169 Å². The molecule has 0 aliphatic heterocycles. The minimum atomic E-state index is -2.58. The van der Waals surface area contributed by atoms with Crippen LogP contribution in [-0.2, 0) is 20.1 Å². The minimum absolute atomic E-state index is 0. The number of benzene rings is 5. The maximum absolute atomic E-state index is 10.1. The molecule has 273 valence electrons. The van der Waals surface area contributed by atoms with Gasteiger partial charge in [-0.2, -0.15) is 5.26 Å². The van der Waals surface area contributed by atoms with E-state index in [1.165, 1.54) is 6.20 Å². The predicted molar refractivity (Wildman–Crippen MR) is 220 cm³/mol. The summed E-state index contributed by atoms with van der Waals surface area (Å²) in [5, 5.41) is 12.0. The van der Waals surface area contributed by atoms with Gasteiger partial charge in [0.1, 0.15) is 11.7 Å². The average Bonchev–Trinajstić information content (AvgIpc) is 3.64. The minimum Gasteiger partial charge on any atom is -0.500 e. The molecule has 0 saturated heterocycles. The quantitative estimate of drug-likeness (QED) is 0.162. The first-order chi connectivity index (χ1) is 28.3. The van der Waals surface area contributed by atoms with Gasteiger partial charge in [-0.3, -0.25) is 0 Å². The maximum atomic E-state index is 10.1. The fourth-order valence-electron chi connectivity index (χ4n) is 7.20. The molecule has 8 aromatic rings. The molecule has 1 aliphatic carbocycles. The van der Waals surface area contributed by atoms with E-state index in [1.807, 2.05) is 97.1 Å². The summed E-state index contributed by atoms with van der Waals surface area (Å²) in [7, 11) is 0. The average molecular weight is 897 g/mol. The maximum Gasteiger partial charge on any atom is 0.128 e. The van der Waals surface area contributed by atoms with Crippen LogP contribution in [0.5, 0.6) is 0 Å². The van der Waals surface area contributed by atoms with Gasteiger partial charge in [-0.25, -0.2) is 0 Å². The SMILES string of the molecule is [2H]c1cc(C2([2H])CCC(C)(C)CC2)cc(C([2H])([2H])[2H])c1-c1cc(-c2[c-]ccc3c2oc2c(-c4ccccc4)cccc23)ncc1C#N.[Ir].[c-]1ccccc1-c1ccccn1. The van der Waals surface area contributed by atoms with E-state index in [0.717, 1.165) is 51.6 Å². The molecule has 5 heteroatoms. The fraction of sp³-hybridized carbons (Fsp3) is 0.180. The first-order valence-corrected chi connectivity index (χ1v) is 18.2. The first kappa shape index (κ1) is 31.7. The number of hydrogen-bond acceptors (Lipinski definition) is 4. The summed E-state index contributed by atoms with van der Waals surface area (Å²) in [6.45, 7) is 1.80. The van der Waals surface area contributed by atoms with Crippen molar-refractivity contribution in [2.24, 2.45) is 5.41 Å². The number of para-hydroxylation sites is 1. The van der Waals surface area contributed by atoms with Crippen LogP contribution < -0.4 is 0 Å². The molecule has 5 aromatic carbocycles. The van der Waals surface area contributed by atoms with E-state index in [9.17, 15) is 6.63 Å². The number of fused-ring (bicyclic) bond motifs is 3. The third-order valence-electron chi connectivity index (χ3n) is 10.3. The zero-order valence-electron chi connectivity index (χ0n) is 35.6. The molecular weight excluding hydrogens is 851 g/mol. The summed E-state index contributed by atoms with van der Waals surface area (Å²) in [4.78, 5) is 8.82. The third-order valence-corrected chi connectivity index (χ3v) is 10.3. The van der Waals surface area contributed by atoms with Gasteiger partial charge in [-0.1, -0.05) is 110 Å². The molecule has 0 bridgehead atoms. The Kier molecular flexibility index (Phi) is 9.43. The predicted octanol–water partition coefficient (Wildman–Crippen LogP) is 13.2. The Bertz CT molecular complexity index is 2790. The van der Waals surface area contributed by atoms with Crippen LogP contribution in [0, 0.1) is 35.7 Å². The van der Waals surface area contributed by atoms with Crippen LogP contribution in [-0.4, -0.2) is 9.97 Å². The van der Waals surface area contributed by atoms with Gasteiger partial charge < -0.3 is 14.4 Å². The molecule has 0 amide bonds. The smallest absolute Gasteiger partial charge is 0.128 e. The van der Waals surface area contributed by atoms with Crippen molar-refractivity contribution in [2.45, 2.75) is 52.3 Å². The van der Waals surface area contributed by atoms with Crippen LogP contribution in [0.25, 0.3) is 66.7 Å². The van der Waals surface area contributed by atoms with E-state index in [0.29, 0.717) is 40.8 Å². The van der Waals surface area contributed by atoms with E-state index in [-0.39, 0.29) is 48.3 Å². The summed E-state index contributed by atoms with van der Waals surface area (Å²) < 4.78 is 50.4.